The molecule has 0 spiro atoms. The predicted molar refractivity (Wildman–Crippen MR) is 43.4 cm³/mol. The maximum absolute atomic E-state index is 10.2. The van der Waals surface area contributed by atoms with Gasteiger partial charge in [-0.05, 0) is 13.8 Å². The van der Waals surface area contributed by atoms with E-state index in [1.165, 1.54) is 6.92 Å². The van der Waals surface area contributed by atoms with Crippen molar-refractivity contribution in [1.82, 2.24) is 0 Å². The van der Waals surface area contributed by atoms with Crippen LogP contribution in [0.1, 0.15) is 13.8 Å². The van der Waals surface area contributed by atoms with E-state index in [2.05, 4.69) is 4.74 Å². The molecule has 11 heavy (non-hydrogen) atoms. The number of carboxylic acid groups (broad SMARTS) is 1. The second-order valence-electron chi connectivity index (χ2n) is 1.86. The Hall–Kier alpha value is -0.770. The average molecular weight is 182 g/mol. The number of nitrogens with one attached hydrogen (secondary N) is 1. The van der Waals surface area contributed by atoms with E-state index in [4.69, 9.17) is 10.5 Å². The van der Waals surface area contributed by atoms with Crippen LogP contribution in [0, 0.1) is 11.3 Å². The molecule has 1 atom stereocenters. The second kappa shape index (κ2) is 5.97. The molecule has 0 aliphatic heterocycles. The van der Waals surface area contributed by atoms with Gasteiger partial charge in [0.1, 0.15) is 5.92 Å². The SMILES string of the molecule is CCOC(=N)C(C)C(=O)O.Cl. The average Bonchev–Trinajstić information content (AvgIpc) is 1.87. The molecule has 0 radical (unpaired) electrons. The molecule has 5 heteroatoms. The standard InChI is InChI=1S/C6H11NO3.ClH/c1-3-10-5(7)4(2)6(8)9;/h4,7H,3H2,1-2H3,(H,8,9);1H. The smallest absolute Gasteiger partial charge is 0.315 e. The van der Waals surface area contributed by atoms with Gasteiger partial charge in [0.2, 0.25) is 0 Å². The minimum Gasteiger partial charge on any atom is -0.481 e. The first-order valence-electron chi connectivity index (χ1n) is 3.03. The summed E-state index contributed by atoms with van der Waals surface area (Å²) in [6.45, 7) is 3.47. The fourth-order valence-corrected chi connectivity index (χ4v) is 0.393. The van der Waals surface area contributed by atoms with E-state index < -0.39 is 11.9 Å². The van der Waals surface area contributed by atoms with Gasteiger partial charge in [0.05, 0.1) is 6.61 Å². The number of rotatable bonds is 3. The van der Waals surface area contributed by atoms with Crippen molar-refractivity contribution >= 4 is 24.3 Å². The molecule has 66 valence electrons. The molecule has 0 aromatic heterocycles. The minimum absolute atomic E-state index is 0. The van der Waals surface area contributed by atoms with Crippen molar-refractivity contribution in [2.45, 2.75) is 13.8 Å². The van der Waals surface area contributed by atoms with Crippen molar-refractivity contribution in [1.29, 1.82) is 5.41 Å². The molecule has 0 heterocycles. The number of carbonyl (C=O) groups is 1. The predicted octanol–water partition coefficient (Wildman–Crippen LogP) is 1.14. The quantitative estimate of drug-likeness (QED) is 0.507. The van der Waals surface area contributed by atoms with Gasteiger partial charge in [-0.1, -0.05) is 0 Å². The van der Waals surface area contributed by atoms with Crippen LogP contribution in [0.4, 0.5) is 0 Å². The van der Waals surface area contributed by atoms with Crippen LogP contribution in [-0.4, -0.2) is 23.6 Å². The molecule has 0 aromatic carbocycles. The highest BCUT2D eigenvalue weighted by Gasteiger charge is 2.17. The zero-order valence-electron chi connectivity index (χ0n) is 6.46. The fourth-order valence-electron chi connectivity index (χ4n) is 0.393. The largest absolute Gasteiger partial charge is 0.481 e. The third-order valence-corrected chi connectivity index (χ3v) is 1.06. The molecule has 0 rings (SSSR count). The Kier molecular flexibility index (Phi) is 6.99. The second-order valence-corrected chi connectivity index (χ2v) is 1.86. The number of hydrogen-bond donors (Lipinski definition) is 2. The molecule has 0 aromatic rings. The first-order valence-corrected chi connectivity index (χ1v) is 3.03. The molecule has 0 fully saturated rings. The normalized spacial score (nSPS) is 11.1. The molecule has 0 saturated heterocycles. The fraction of sp³-hybridized carbons (Fsp3) is 0.667. The maximum Gasteiger partial charge on any atom is 0.315 e. The van der Waals surface area contributed by atoms with Gasteiger partial charge in [0.25, 0.3) is 0 Å². The molecule has 1 unspecified atom stereocenters. The monoisotopic (exact) mass is 181 g/mol. The van der Waals surface area contributed by atoms with E-state index in [1.54, 1.807) is 6.92 Å². The Morgan fingerprint density at radius 2 is 2.18 bits per heavy atom. The Morgan fingerprint density at radius 1 is 1.73 bits per heavy atom. The summed E-state index contributed by atoms with van der Waals surface area (Å²) in [4.78, 5) is 10.2. The van der Waals surface area contributed by atoms with Crippen LogP contribution in [-0.2, 0) is 9.53 Å². The molecular formula is C6H12ClNO3. The van der Waals surface area contributed by atoms with Crippen molar-refractivity contribution in [2.24, 2.45) is 5.92 Å². The van der Waals surface area contributed by atoms with Gasteiger partial charge in [-0.2, -0.15) is 0 Å². The van der Waals surface area contributed by atoms with E-state index >= 15 is 0 Å². The van der Waals surface area contributed by atoms with Crippen LogP contribution in [0.25, 0.3) is 0 Å². The number of hydrogen-bond acceptors (Lipinski definition) is 3. The third-order valence-electron chi connectivity index (χ3n) is 1.06. The molecule has 2 N–H and O–H groups in total. The highest BCUT2D eigenvalue weighted by atomic mass is 35.5. The van der Waals surface area contributed by atoms with Crippen molar-refractivity contribution in [3.8, 4) is 0 Å². The summed E-state index contributed by atoms with van der Waals surface area (Å²) in [5.41, 5.74) is 0. The Labute approximate surface area is 71.5 Å². The van der Waals surface area contributed by atoms with Crippen LogP contribution in [0.15, 0.2) is 0 Å². The molecule has 0 aliphatic carbocycles. The van der Waals surface area contributed by atoms with E-state index in [0.29, 0.717) is 6.61 Å². The van der Waals surface area contributed by atoms with Gasteiger partial charge in [0, 0.05) is 0 Å². The van der Waals surface area contributed by atoms with Gasteiger partial charge in [-0.3, -0.25) is 10.2 Å². The maximum atomic E-state index is 10.2. The van der Waals surface area contributed by atoms with E-state index in [0.717, 1.165) is 0 Å². The Balaban J connectivity index is 0. The van der Waals surface area contributed by atoms with Crippen LogP contribution in [0.5, 0.6) is 0 Å². The number of halogens is 1. The zero-order valence-corrected chi connectivity index (χ0v) is 7.27. The first-order chi connectivity index (χ1) is 4.59. The lowest BCUT2D eigenvalue weighted by Crippen LogP contribution is -2.21. The summed E-state index contributed by atoms with van der Waals surface area (Å²) in [5.74, 6) is -2.05. The van der Waals surface area contributed by atoms with Crippen molar-refractivity contribution in [2.75, 3.05) is 6.61 Å². The summed E-state index contributed by atoms with van der Waals surface area (Å²) in [7, 11) is 0. The molecule has 0 saturated carbocycles. The summed E-state index contributed by atoms with van der Waals surface area (Å²) in [6.07, 6.45) is 0. The van der Waals surface area contributed by atoms with Crippen LogP contribution in [0.2, 0.25) is 0 Å². The number of aliphatic carboxylic acids is 1. The van der Waals surface area contributed by atoms with E-state index in [1.807, 2.05) is 0 Å². The highest BCUT2D eigenvalue weighted by molar-refractivity contribution is 5.94. The van der Waals surface area contributed by atoms with E-state index in [9.17, 15) is 4.79 Å². The lowest BCUT2D eigenvalue weighted by Gasteiger charge is -2.07. The van der Waals surface area contributed by atoms with Crippen LogP contribution < -0.4 is 0 Å². The van der Waals surface area contributed by atoms with Gasteiger partial charge in [-0.15, -0.1) is 12.4 Å². The summed E-state index contributed by atoms with van der Waals surface area (Å²) in [5, 5.41) is 15.4. The van der Waals surface area contributed by atoms with Gasteiger partial charge >= 0.3 is 5.97 Å². The van der Waals surface area contributed by atoms with Crippen LogP contribution in [0.3, 0.4) is 0 Å². The van der Waals surface area contributed by atoms with Gasteiger partial charge in [-0.25, -0.2) is 0 Å². The number of carboxylic acids is 1. The summed E-state index contributed by atoms with van der Waals surface area (Å²) >= 11 is 0. The molecule has 0 aliphatic rings. The minimum atomic E-state index is -1.03. The van der Waals surface area contributed by atoms with Crippen molar-refractivity contribution in [3.05, 3.63) is 0 Å². The van der Waals surface area contributed by atoms with Gasteiger partial charge < -0.3 is 9.84 Å². The topological polar surface area (TPSA) is 70.4 Å². The van der Waals surface area contributed by atoms with Crippen molar-refractivity contribution < 1.29 is 14.6 Å². The Bertz CT molecular complexity index is 149. The molecule has 4 nitrogen and oxygen atoms in total. The third kappa shape index (κ3) is 4.61. The molecule has 0 amide bonds. The first kappa shape index (κ1) is 12.9. The lowest BCUT2D eigenvalue weighted by molar-refractivity contribution is -0.139. The van der Waals surface area contributed by atoms with Gasteiger partial charge in [0.15, 0.2) is 5.90 Å². The van der Waals surface area contributed by atoms with E-state index in [-0.39, 0.29) is 18.3 Å². The Morgan fingerprint density at radius 3 is 2.45 bits per heavy atom. The molecular weight excluding hydrogens is 170 g/mol. The summed E-state index contributed by atoms with van der Waals surface area (Å²) in [6, 6.07) is 0. The van der Waals surface area contributed by atoms with Crippen molar-refractivity contribution in [3.63, 3.8) is 0 Å². The highest BCUT2D eigenvalue weighted by Crippen LogP contribution is 1.97. The summed E-state index contributed by atoms with van der Waals surface area (Å²) < 4.78 is 4.67. The van der Waals surface area contributed by atoms with Crippen LogP contribution >= 0.6 is 12.4 Å². The molecule has 0 bridgehead atoms. The lowest BCUT2D eigenvalue weighted by atomic mass is 10.2. The zero-order chi connectivity index (χ0) is 8.15. The number of ether oxygens (including phenoxy) is 1.